The summed E-state index contributed by atoms with van der Waals surface area (Å²) in [6.45, 7) is 0.767. The molecule has 1 aliphatic carbocycles. The SMILES string of the molecule is O=C(NCC=Cc1ccc(I)cc1)OCC1c2ccccc2-c2ccccc21. The van der Waals surface area contributed by atoms with Crippen molar-refractivity contribution in [2.45, 2.75) is 5.92 Å². The van der Waals surface area contributed by atoms with Crippen molar-refractivity contribution in [2.75, 3.05) is 13.2 Å². The Hall–Kier alpha value is -2.60. The summed E-state index contributed by atoms with van der Waals surface area (Å²) in [5.41, 5.74) is 6.00. The molecule has 3 aromatic rings. The Morgan fingerprint density at radius 1 is 0.929 bits per heavy atom. The van der Waals surface area contributed by atoms with Crippen LogP contribution in [-0.4, -0.2) is 19.2 Å². The van der Waals surface area contributed by atoms with Gasteiger partial charge >= 0.3 is 6.09 Å². The Bertz CT molecular complexity index is 966. The molecule has 0 saturated heterocycles. The number of carbonyl (C=O) groups excluding carboxylic acids is 1. The van der Waals surface area contributed by atoms with E-state index in [1.807, 2.05) is 48.6 Å². The molecular formula is C24H20INO2. The lowest BCUT2D eigenvalue weighted by Gasteiger charge is -2.14. The molecule has 3 aromatic carbocycles. The minimum atomic E-state index is -0.394. The molecule has 0 radical (unpaired) electrons. The zero-order chi connectivity index (χ0) is 19.3. The van der Waals surface area contributed by atoms with E-state index in [0.717, 1.165) is 5.56 Å². The Morgan fingerprint density at radius 3 is 2.18 bits per heavy atom. The number of carbonyl (C=O) groups is 1. The molecule has 0 atom stereocenters. The van der Waals surface area contributed by atoms with E-state index >= 15 is 0 Å². The minimum Gasteiger partial charge on any atom is -0.449 e. The molecule has 0 aliphatic heterocycles. The van der Waals surface area contributed by atoms with Gasteiger partial charge in [0.05, 0.1) is 0 Å². The highest BCUT2D eigenvalue weighted by Gasteiger charge is 2.28. The number of rotatable bonds is 5. The first-order valence-corrected chi connectivity index (χ1v) is 10.3. The monoisotopic (exact) mass is 481 g/mol. The van der Waals surface area contributed by atoms with Crippen LogP contribution in [0.1, 0.15) is 22.6 Å². The smallest absolute Gasteiger partial charge is 0.407 e. The standard InChI is InChI=1S/C24H20INO2/c25-18-13-11-17(12-14-18)6-5-15-26-24(27)28-16-23-21-9-3-1-7-19(21)20-8-2-4-10-22(20)23/h1-14,23H,15-16H2,(H,26,27). The summed E-state index contributed by atoms with van der Waals surface area (Å²) in [6, 6.07) is 24.9. The molecule has 3 nitrogen and oxygen atoms in total. The van der Waals surface area contributed by atoms with Gasteiger partial charge in [0, 0.05) is 16.0 Å². The number of benzene rings is 3. The van der Waals surface area contributed by atoms with E-state index < -0.39 is 6.09 Å². The Labute approximate surface area is 178 Å². The number of hydrogen-bond acceptors (Lipinski definition) is 2. The third-order valence-corrected chi connectivity index (χ3v) is 5.61. The van der Waals surface area contributed by atoms with Crippen LogP contribution in [0.25, 0.3) is 17.2 Å². The largest absolute Gasteiger partial charge is 0.449 e. The number of hydrogen-bond donors (Lipinski definition) is 1. The van der Waals surface area contributed by atoms with Gasteiger partial charge in [-0.15, -0.1) is 0 Å². The Morgan fingerprint density at radius 2 is 1.54 bits per heavy atom. The molecule has 0 aromatic heterocycles. The van der Waals surface area contributed by atoms with E-state index in [4.69, 9.17) is 4.74 Å². The van der Waals surface area contributed by atoms with Crippen molar-refractivity contribution < 1.29 is 9.53 Å². The average Bonchev–Trinajstić information content (AvgIpc) is 3.05. The molecule has 140 valence electrons. The lowest BCUT2D eigenvalue weighted by molar-refractivity contribution is 0.144. The van der Waals surface area contributed by atoms with Gasteiger partial charge in [0.1, 0.15) is 6.61 Å². The van der Waals surface area contributed by atoms with Gasteiger partial charge in [-0.25, -0.2) is 4.79 Å². The van der Waals surface area contributed by atoms with E-state index in [-0.39, 0.29) is 5.92 Å². The van der Waals surface area contributed by atoms with Crippen LogP contribution >= 0.6 is 22.6 Å². The van der Waals surface area contributed by atoms with Crippen molar-refractivity contribution >= 4 is 34.8 Å². The van der Waals surface area contributed by atoms with Gasteiger partial charge in [0.15, 0.2) is 0 Å². The number of amides is 1. The topological polar surface area (TPSA) is 38.3 Å². The van der Waals surface area contributed by atoms with Gasteiger partial charge in [-0.2, -0.15) is 0 Å². The van der Waals surface area contributed by atoms with Gasteiger partial charge in [0.2, 0.25) is 0 Å². The third kappa shape index (κ3) is 4.12. The molecule has 0 unspecified atom stereocenters. The fraction of sp³-hybridized carbons (Fsp3) is 0.125. The molecule has 1 amide bonds. The average molecular weight is 481 g/mol. The maximum atomic E-state index is 12.1. The summed E-state index contributed by atoms with van der Waals surface area (Å²) in [5, 5.41) is 2.79. The highest BCUT2D eigenvalue weighted by Crippen LogP contribution is 2.44. The molecule has 1 N–H and O–H groups in total. The minimum absolute atomic E-state index is 0.0838. The van der Waals surface area contributed by atoms with Crippen LogP contribution in [-0.2, 0) is 4.74 Å². The molecule has 0 saturated carbocycles. The summed E-state index contributed by atoms with van der Waals surface area (Å²) < 4.78 is 6.72. The molecule has 0 fully saturated rings. The Kier molecular flexibility index (Phi) is 5.76. The van der Waals surface area contributed by atoms with Gasteiger partial charge in [-0.1, -0.05) is 72.8 Å². The summed E-state index contributed by atoms with van der Waals surface area (Å²) in [4.78, 5) is 12.1. The van der Waals surface area contributed by atoms with Crippen molar-refractivity contribution in [1.82, 2.24) is 5.32 Å². The van der Waals surface area contributed by atoms with Gasteiger partial charge in [0.25, 0.3) is 0 Å². The molecule has 1 aliphatic rings. The quantitative estimate of drug-likeness (QED) is 0.465. The van der Waals surface area contributed by atoms with Crippen LogP contribution in [0.3, 0.4) is 0 Å². The van der Waals surface area contributed by atoms with Crippen LogP contribution < -0.4 is 5.32 Å². The van der Waals surface area contributed by atoms with E-state index in [0.29, 0.717) is 13.2 Å². The molecule has 28 heavy (non-hydrogen) atoms. The predicted molar refractivity (Wildman–Crippen MR) is 121 cm³/mol. The Balaban J connectivity index is 1.33. The molecule has 0 spiro atoms. The van der Waals surface area contributed by atoms with Crippen LogP contribution in [0.4, 0.5) is 4.79 Å². The fourth-order valence-corrected chi connectivity index (χ4v) is 3.92. The van der Waals surface area contributed by atoms with Crippen LogP contribution in [0, 0.1) is 3.57 Å². The van der Waals surface area contributed by atoms with Gasteiger partial charge < -0.3 is 10.1 Å². The number of nitrogens with one attached hydrogen (secondary N) is 1. The third-order valence-electron chi connectivity index (χ3n) is 4.89. The number of alkyl carbamates (subject to hydrolysis) is 1. The molecule has 4 rings (SSSR count). The summed E-state index contributed by atoms with van der Waals surface area (Å²) in [5.74, 6) is 0.0838. The summed E-state index contributed by atoms with van der Waals surface area (Å²) in [6.07, 6.45) is 3.51. The van der Waals surface area contributed by atoms with Crippen molar-refractivity contribution in [3.05, 3.63) is 99.1 Å². The van der Waals surface area contributed by atoms with Crippen LogP contribution in [0.15, 0.2) is 78.9 Å². The summed E-state index contributed by atoms with van der Waals surface area (Å²) in [7, 11) is 0. The lowest BCUT2D eigenvalue weighted by atomic mass is 9.98. The normalized spacial score (nSPS) is 12.6. The molecular weight excluding hydrogens is 461 g/mol. The maximum absolute atomic E-state index is 12.1. The van der Waals surface area contributed by atoms with E-state index in [1.165, 1.54) is 25.8 Å². The predicted octanol–water partition coefficient (Wildman–Crippen LogP) is 5.84. The zero-order valence-corrected chi connectivity index (χ0v) is 17.4. The van der Waals surface area contributed by atoms with Crippen LogP contribution in [0.5, 0.6) is 0 Å². The van der Waals surface area contributed by atoms with Crippen molar-refractivity contribution in [3.8, 4) is 11.1 Å². The van der Waals surface area contributed by atoms with Crippen molar-refractivity contribution in [2.24, 2.45) is 0 Å². The highest BCUT2D eigenvalue weighted by molar-refractivity contribution is 14.1. The lowest BCUT2D eigenvalue weighted by Crippen LogP contribution is -2.26. The molecule has 4 heteroatoms. The molecule has 0 bridgehead atoms. The number of fused-ring (bicyclic) bond motifs is 3. The van der Waals surface area contributed by atoms with E-state index in [1.54, 1.807) is 0 Å². The first-order chi connectivity index (χ1) is 13.7. The van der Waals surface area contributed by atoms with E-state index in [9.17, 15) is 4.79 Å². The second-order valence-electron chi connectivity index (χ2n) is 6.66. The van der Waals surface area contributed by atoms with Crippen molar-refractivity contribution in [1.29, 1.82) is 0 Å². The van der Waals surface area contributed by atoms with Gasteiger partial charge in [-0.3, -0.25) is 0 Å². The zero-order valence-electron chi connectivity index (χ0n) is 15.3. The second kappa shape index (κ2) is 8.61. The van der Waals surface area contributed by atoms with Crippen molar-refractivity contribution in [3.63, 3.8) is 0 Å². The van der Waals surface area contributed by atoms with E-state index in [2.05, 4.69) is 64.3 Å². The summed E-state index contributed by atoms with van der Waals surface area (Å²) >= 11 is 2.28. The number of ether oxygens (including phenoxy) is 1. The first kappa shape index (κ1) is 18.7. The fourth-order valence-electron chi connectivity index (χ4n) is 3.56. The van der Waals surface area contributed by atoms with Crippen LogP contribution in [0.2, 0.25) is 0 Å². The highest BCUT2D eigenvalue weighted by atomic mass is 127. The molecule has 0 heterocycles. The second-order valence-corrected chi connectivity index (χ2v) is 7.91. The van der Waals surface area contributed by atoms with Gasteiger partial charge in [-0.05, 0) is 62.5 Å². The maximum Gasteiger partial charge on any atom is 0.407 e. The first-order valence-electron chi connectivity index (χ1n) is 9.23. The number of halogens is 1.